The SMILES string of the molecule is [Fe].c1ccc2[nH]ccc2c1. The Labute approximate surface area is 69.9 Å². The summed E-state index contributed by atoms with van der Waals surface area (Å²) in [6, 6.07) is 10.3. The molecule has 2 rings (SSSR count). The summed E-state index contributed by atoms with van der Waals surface area (Å²) >= 11 is 0. The van der Waals surface area contributed by atoms with Crippen LogP contribution in [-0.4, -0.2) is 4.98 Å². The number of nitrogens with one attached hydrogen (secondary N) is 1. The van der Waals surface area contributed by atoms with E-state index in [9.17, 15) is 0 Å². The molecule has 1 aromatic carbocycles. The van der Waals surface area contributed by atoms with E-state index in [4.69, 9.17) is 0 Å². The summed E-state index contributed by atoms with van der Waals surface area (Å²) in [6.07, 6.45) is 1.95. The van der Waals surface area contributed by atoms with Crippen LogP contribution in [0.2, 0.25) is 0 Å². The first-order valence-electron chi connectivity index (χ1n) is 2.99. The van der Waals surface area contributed by atoms with Gasteiger partial charge in [-0.05, 0) is 17.5 Å². The summed E-state index contributed by atoms with van der Waals surface area (Å²) in [5.74, 6) is 0. The second-order valence-corrected chi connectivity index (χ2v) is 2.06. The molecule has 52 valence electrons. The van der Waals surface area contributed by atoms with Crippen molar-refractivity contribution in [2.24, 2.45) is 0 Å². The van der Waals surface area contributed by atoms with Gasteiger partial charge in [0.15, 0.2) is 0 Å². The molecule has 0 radical (unpaired) electrons. The smallest absolute Gasteiger partial charge is 0.0453 e. The fourth-order valence-corrected chi connectivity index (χ4v) is 0.995. The number of benzene rings is 1. The molecular weight excluding hydrogens is 166 g/mol. The Bertz CT molecular complexity index is 283. The first kappa shape index (κ1) is 7.39. The van der Waals surface area contributed by atoms with Crippen molar-refractivity contribution >= 4 is 10.9 Å². The molecule has 1 heterocycles. The minimum absolute atomic E-state index is 0. The van der Waals surface area contributed by atoms with Crippen molar-refractivity contribution in [3.05, 3.63) is 36.5 Å². The molecule has 2 heteroatoms. The number of aromatic amines is 1. The second kappa shape index (κ2) is 2.91. The normalized spacial score (nSPS) is 9.20. The van der Waals surface area contributed by atoms with Crippen molar-refractivity contribution in [3.63, 3.8) is 0 Å². The molecule has 0 spiro atoms. The van der Waals surface area contributed by atoms with E-state index in [1.54, 1.807) is 0 Å². The van der Waals surface area contributed by atoms with E-state index in [1.807, 2.05) is 18.3 Å². The minimum atomic E-state index is 0. The first-order valence-corrected chi connectivity index (χ1v) is 2.99. The summed E-state index contributed by atoms with van der Waals surface area (Å²) in [4.78, 5) is 3.12. The van der Waals surface area contributed by atoms with E-state index in [-0.39, 0.29) is 17.1 Å². The molecule has 2 aromatic rings. The Kier molecular flexibility index (Phi) is 2.15. The number of H-pyrrole nitrogens is 1. The predicted octanol–water partition coefficient (Wildman–Crippen LogP) is 2.17. The van der Waals surface area contributed by atoms with Crippen LogP contribution in [0.4, 0.5) is 0 Å². The zero-order valence-corrected chi connectivity index (χ0v) is 6.42. The van der Waals surface area contributed by atoms with E-state index < -0.39 is 0 Å². The van der Waals surface area contributed by atoms with Gasteiger partial charge in [-0.15, -0.1) is 0 Å². The Morgan fingerprint density at radius 2 is 1.80 bits per heavy atom. The third-order valence-electron chi connectivity index (χ3n) is 1.46. The zero-order valence-electron chi connectivity index (χ0n) is 5.32. The van der Waals surface area contributed by atoms with Crippen LogP contribution in [0.5, 0.6) is 0 Å². The molecular formula is C8H7FeN. The van der Waals surface area contributed by atoms with Gasteiger partial charge in [0.25, 0.3) is 0 Å². The molecule has 0 aliphatic heterocycles. The van der Waals surface area contributed by atoms with Gasteiger partial charge in [0, 0.05) is 28.8 Å². The Hall–Kier alpha value is -0.721. The summed E-state index contributed by atoms with van der Waals surface area (Å²) < 4.78 is 0. The summed E-state index contributed by atoms with van der Waals surface area (Å²) in [5, 5.41) is 1.28. The Morgan fingerprint density at radius 3 is 2.60 bits per heavy atom. The molecule has 1 nitrogen and oxygen atoms in total. The maximum atomic E-state index is 3.12. The molecule has 0 bridgehead atoms. The number of hydrogen-bond donors (Lipinski definition) is 1. The minimum Gasteiger partial charge on any atom is -0.361 e. The molecule has 1 aromatic heterocycles. The number of aromatic nitrogens is 1. The van der Waals surface area contributed by atoms with E-state index >= 15 is 0 Å². The van der Waals surface area contributed by atoms with Crippen LogP contribution in [0.1, 0.15) is 0 Å². The number of fused-ring (bicyclic) bond motifs is 1. The van der Waals surface area contributed by atoms with Crippen LogP contribution < -0.4 is 0 Å². The van der Waals surface area contributed by atoms with Gasteiger partial charge in [-0.1, -0.05) is 18.2 Å². The fraction of sp³-hybridized carbons (Fsp3) is 0. The molecule has 10 heavy (non-hydrogen) atoms. The van der Waals surface area contributed by atoms with Crippen molar-refractivity contribution in [1.82, 2.24) is 4.98 Å². The van der Waals surface area contributed by atoms with Crippen molar-refractivity contribution in [2.45, 2.75) is 0 Å². The monoisotopic (exact) mass is 173 g/mol. The van der Waals surface area contributed by atoms with Crippen LogP contribution in [0, 0.1) is 0 Å². The van der Waals surface area contributed by atoms with Crippen molar-refractivity contribution in [1.29, 1.82) is 0 Å². The summed E-state index contributed by atoms with van der Waals surface area (Å²) in [6.45, 7) is 0. The van der Waals surface area contributed by atoms with Gasteiger partial charge >= 0.3 is 0 Å². The molecule has 0 saturated carbocycles. The van der Waals surface area contributed by atoms with E-state index in [0.717, 1.165) is 0 Å². The molecule has 0 aliphatic carbocycles. The number of hydrogen-bond acceptors (Lipinski definition) is 0. The van der Waals surface area contributed by atoms with Crippen LogP contribution in [0.15, 0.2) is 36.5 Å². The fourth-order valence-electron chi connectivity index (χ4n) is 0.995. The predicted molar refractivity (Wildman–Crippen MR) is 38.3 cm³/mol. The van der Waals surface area contributed by atoms with Crippen molar-refractivity contribution in [2.75, 3.05) is 0 Å². The van der Waals surface area contributed by atoms with Gasteiger partial charge in [0.05, 0.1) is 0 Å². The first-order chi connectivity index (χ1) is 4.47. The molecule has 0 saturated heterocycles. The quantitative estimate of drug-likeness (QED) is 0.587. The van der Waals surface area contributed by atoms with Gasteiger partial charge in [0.1, 0.15) is 0 Å². The largest absolute Gasteiger partial charge is 0.361 e. The summed E-state index contributed by atoms with van der Waals surface area (Å²) in [5.41, 5.74) is 1.21. The van der Waals surface area contributed by atoms with Crippen LogP contribution in [0.3, 0.4) is 0 Å². The molecule has 0 amide bonds. The maximum absolute atomic E-state index is 3.12. The van der Waals surface area contributed by atoms with Gasteiger partial charge < -0.3 is 4.98 Å². The van der Waals surface area contributed by atoms with Gasteiger partial charge in [-0.3, -0.25) is 0 Å². The van der Waals surface area contributed by atoms with E-state index in [2.05, 4.69) is 23.2 Å². The average Bonchev–Trinajstić information content (AvgIpc) is 2.33. The van der Waals surface area contributed by atoms with Crippen molar-refractivity contribution < 1.29 is 17.1 Å². The molecule has 0 unspecified atom stereocenters. The van der Waals surface area contributed by atoms with Gasteiger partial charge in [0.2, 0.25) is 0 Å². The maximum Gasteiger partial charge on any atom is 0.0453 e. The average molecular weight is 173 g/mol. The molecule has 0 fully saturated rings. The van der Waals surface area contributed by atoms with Crippen molar-refractivity contribution in [3.8, 4) is 0 Å². The van der Waals surface area contributed by atoms with Crippen LogP contribution in [0.25, 0.3) is 10.9 Å². The number of para-hydroxylation sites is 1. The van der Waals surface area contributed by atoms with E-state index in [0.29, 0.717) is 0 Å². The Morgan fingerprint density at radius 1 is 1.00 bits per heavy atom. The molecule has 0 aliphatic rings. The number of rotatable bonds is 0. The third-order valence-corrected chi connectivity index (χ3v) is 1.46. The zero-order chi connectivity index (χ0) is 6.10. The second-order valence-electron chi connectivity index (χ2n) is 2.06. The van der Waals surface area contributed by atoms with Gasteiger partial charge in [-0.2, -0.15) is 0 Å². The van der Waals surface area contributed by atoms with Gasteiger partial charge in [-0.25, -0.2) is 0 Å². The van der Waals surface area contributed by atoms with Crippen LogP contribution >= 0.6 is 0 Å². The molecule has 1 N–H and O–H groups in total. The topological polar surface area (TPSA) is 15.8 Å². The summed E-state index contributed by atoms with van der Waals surface area (Å²) in [7, 11) is 0. The van der Waals surface area contributed by atoms with E-state index in [1.165, 1.54) is 10.9 Å². The standard InChI is InChI=1S/C8H7N.Fe/c1-2-4-8-7(3-1)5-6-9-8;/h1-6,9H;. The van der Waals surface area contributed by atoms with Crippen LogP contribution in [-0.2, 0) is 17.1 Å². The Balaban J connectivity index is 0.000000500. The third kappa shape index (κ3) is 1.08. The molecule has 0 atom stereocenters.